The summed E-state index contributed by atoms with van der Waals surface area (Å²) in [6.45, 7) is 2.89. The number of carbonyl (C=O) groups excluding carboxylic acids is 2. The van der Waals surface area contributed by atoms with Crippen LogP contribution >= 0.6 is 0 Å². The van der Waals surface area contributed by atoms with Gasteiger partial charge in [-0.2, -0.15) is 8.42 Å². The van der Waals surface area contributed by atoms with Crippen LogP contribution in [0.4, 0.5) is 4.79 Å². The minimum Gasteiger partial charge on any atom is -0.322 e. The van der Waals surface area contributed by atoms with Gasteiger partial charge < -0.3 is 15.1 Å². The smallest absolute Gasteiger partial charge is 0.322 e. The Labute approximate surface area is 116 Å². The van der Waals surface area contributed by atoms with Crippen LogP contribution in [0.15, 0.2) is 0 Å². The average Bonchev–Trinajstić information content (AvgIpc) is 2.76. The molecule has 0 aromatic rings. The molecule has 0 aromatic heterocycles. The summed E-state index contributed by atoms with van der Waals surface area (Å²) in [5.41, 5.74) is 0. The summed E-state index contributed by atoms with van der Waals surface area (Å²) in [4.78, 5) is 27.3. The summed E-state index contributed by atoms with van der Waals surface area (Å²) in [5.74, 6) is -0.724. The fourth-order valence-corrected chi connectivity index (χ4v) is 3.97. The Morgan fingerprint density at radius 2 is 1.90 bits per heavy atom. The lowest BCUT2D eigenvalue weighted by Gasteiger charge is -2.43. The maximum atomic E-state index is 12.3. The van der Waals surface area contributed by atoms with Crippen LogP contribution in [0.3, 0.4) is 0 Å². The number of hydrogen-bond donors (Lipinski definition) is 2. The maximum Gasteiger partial charge on any atom is 0.362 e. The van der Waals surface area contributed by atoms with Gasteiger partial charge in [-0.3, -0.25) is 9.35 Å². The lowest BCUT2D eigenvalue weighted by Crippen LogP contribution is -2.69. The number of nitrogens with zero attached hydrogens (tertiary/aromatic N) is 3. The molecule has 112 valence electrons. The molecule has 2 atom stereocenters. The molecule has 3 amide bonds. The number of piperazine rings is 1. The number of hydrogen-bond acceptors (Lipinski definition) is 5. The van der Waals surface area contributed by atoms with Gasteiger partial charge in [-0.1, -0.05) is 0 Å². The van der Waals surface area contributed by atoms with Gasteiger partial charge in [0.2, 0.25) is 0 Å². The Hall–Kier alpha value is -1.39. The standard InChI is InChI=1S/C10H16N4O5S/c15-9-8-7(14(9)20(17,18)19)1-4-13(8)10(16)12-5-2-11-3-6-12/h7-8,11H,1-6H2,(H,17,18,19)/t7-,8+/m1/s1. The third kappa shape index (κ3) is 1.95. The van der Waals surface area contributed by atoms with Crippen molar-refractivity contribution in [2.24, 2.45) is 0 Å². The van der Waals surface area contributed by atoms with Crippen molar-refractivity contribution >= 4 is 22.2 Å². The normalized spacial score (nSPS) is 30.2. The van der Waals surface area contributed by atoms with Crippen LogP contribution in [-0.2, 0) is 15.1 Å². The van der Waals surface area contributed by atoms with E-state index in [2.05, 4.69) is 5.32 Å². The molecule has 20 heavy (non-hydrogen) atoms. The van der Waals surface area contributed by atoms with E-state index >= 15 is 0 Å². The molecule has 0 spiro atoms. The first-order valence-electron chi connectivity index (χ1n) is 6.48. The van der Waals surface area contributed by atoms with E-state index in [0.717, 1.165) is 0 Å². The number of urea groups is 1. The van der Waals surface area contributed by atoms with E-state index in [4.69, 9.17) is 4.55 Å². The number of nitrogens with one attached hydrogen (secondary N) is 1. The number of β-lactam (4-membered cyclic amide) rings is 1. The fraction of sp³-hybridized carbons (Fsp3) is 0.800. The van der Waals surface area contributed by atoms with Gasteiger partial charge >= 0.3 is 16.3 Å². The van der Waals surface area contributed by atoms with Gasteiger partial charge in [-0.25, -0.2) is 9.10 Å². The molecule has 3 aliphatic rings. The lowest BCUT2D eigenvalue weighted by atomic mass is 10.0. The molecule has 0 radical (unpaired) electrons. The zero-order chi connectivity index (χ0) is 14.5. The second-order valence-corrected chi connectivity index (χ2v) is 6.41. The summed E-state index contributed by atoms with van der Waals surface area (Å²) < 4.78 is 31.6. The first-order valence-corrected chi connectivity index (χ1v) is 7.88. The fourth-order valence-electron chi connectivity index (χ4n) is 3.07. The van der Waals surface area contributed by atoms with Crippen LogP contribution in [0.1, 0.15) is 6.42 Å². The average molecular weight is 304 g/mol. The van der Waals surface area contributed by atoms with Crippen LogP contribution in [0, 0.1) is 0 Å². The van der Waals surface area contributed by atoms with Crippen molar-refractivity contribution in [2.45, 2.75) is 18.5 Å². The Bertz CT molecular complexity index is 544. The summed E-state index contributed by atoms with van der Waals surface area (Å²) in [6, 6.07) is -1.61. The van der Waals surface area contributed by atoms with Crippen molar-refractivity contribution in [3.63, 3.8) is 0 Å². The van der Waals surface area contributed by atoms with E-state index in [0.29, 0.717) is 43.4 Å². The highest BCUT2D eigenvalue weighted by molar-refractivity contribution is 7.84. The SMILES string of the molecule is O=C(N1CCNCC1)N1CC[C@@H]2[C@H]1C(=O)N2S(=O)(=O)O. The number of rotatable bonds is 1. The van der Waals surface area contributed by atoms with Crippen molar-refractivity contribution in [3.8, 4) is 0 Å². The van der Waals surface area contributed by atoms with E-state index in [1.165, 1.54) is 4.90 Å². The lowest BCUT2D eigenvalue weighted by molar-refractivity contribution is -0.143. The zero-order valence-corrected chi connectivity index (χ0v) is 11.5. The monoisotopic (exact) mass is 304 g/mol. The van der Waals surface area contributed by atoms with Crippen LogP contribution in [-0.4, -0.2) is 83.8 Å². The Balaban J connectivity index is 1.72. The minimum absolute atomic E-state index is 0.234. The van der Waals surface area contributed by atoms with E-state index in [-0.39, 0.29) is 6.03 Å². The van der Waals surface area contributed by atoms with Gasteiger partial charge in [0.15, 0.2) is 0 Å². The summed E-state index contributed by atoms with van der Waals surface area (Å²) in [5, 5.41) is 3.13. The largest absolute Gasteiger partial charge is 0.362 e. The zero-order valence-electron chi connectivity index (χ0n) is 10.7. The van der Waals surface area contributed by atoms with Gasteiger partial charge in [-0.15, -0.1) is 0 Å². The Morgan fingerprint density at radius 1 is 1.25 bits per heavy atom. The van der Waals surface area contributed by atoms with Gasteiger partial charge in [0.05, 0.1) is 6.04 Å². The summed E-state index contributed by atoms with van der Waals surface area (Å²) in [6.07, 6.45) is 0.369. The summed E-state index contributed by atoms with van der Waals surface area (Å²) in [7, 11) is -4.52. The molecule has 0 aromatic carbocycles. The first-order chi connectivity index (χ1) is 9.41. The highest BCUT2D eigenvalue weighted by Crippen LogP contribution is 2.36. The van der Waals surface area contributed by atoms with Crippen molar-refractivity contribution in [1.82, 2.24) is 19.4 Å². The molecule has 0 aliphatic carbocycles. The van der Waals surface area contributed by atoms with Gasteiger partial charge in [0.25, 0.3) is 5.91 Å². The molecular weight excluding hydrogens is 288 g/mol. The van der Waals surface area contributed by atoms with Gasteiger partial charge in [0.1, 0.15) is 6.04 Å². The molecule has 9 nitrogen and oxygen atoms in total. The first kappa shape index (κ1) is 13.6. The highest BCUT2D eigenvalue weighted by Gasteiger charge is 2.60. The predicted octanol–water partition coefficient (Wildman–Crippen LogP) is -1.90. The van der Waals surface area contributed by atoms with Crippen molar-refractivity contribution in [1.29, 1.82) is 0 Å². The molecule has 0 saturated carbocycles. The molecular formula is C10H16N4O5S. The molecule has 3 heterocycles. The van der Waals surface area contributed by atoms with Crippen molar-refractivity contribution in [2.75, 3.05) is 32.7 Å². The van der Waals surface area contributed by atoms with Gasteiger partial charge in [-0.05, 0) is 6.42 Å². The van der Waals surface area contributed by atoms with Gasteiger partial charge in [0, 0.05) is 32.7 Å². The predicted molar refractivity (Wildman–Crippen MR) is 67.1 cm³/mol. The number of carbonyl (C=O) groups is 2. The Kier molecular flexibility index (Phi) is 3.10. The second kappa shape index (κ2) is 4.57. The van der Waals surface area contributed by atoms with Crippen molar-refractivity contribution < 1.29 is 22.6 Å². The van der Waals surface area contributed by atoms with E-state index in [9.17, 15) is 18.0 Å². The highest BCUT2D eigenvalue weighted by atomic mass is 32.2. The number of fused-ring (bicyclic) bond motifs is 1. The van der Waals surface area contributed by atoms with Crippen LogP contribution in [0.2, 0.25) is 0 Å². The van der Waals surface area contributed by atoms with E-state index in [1.54, 1.807) is 4.90 Å². The van der Waals surface area contributed by atoms with Crippen molar-refractivity contribution in [3.05, 3.63) is 0 Å². The molecule has 3 aliphatic heterocycles. The maximum absolute atomic E-state index is 12.3. The number of amides is 3. The van der Waals surface area contributed by atoms with Crippen LogP contribution in [0.5, 0.6) is 0 Å². The molecule has 3 rings (SSSR count). The van der Waals surface area contributed by atoms with Crippen LogP contribution < -0.4 is 5.32 Å². The third-order valence-electron chi connectivity index (χ3n) is 4.02. The van der Waals surface area contributed by atoms with E-state index < -0.39 is 28.3 Å². The second-order valence-electron chi connectivity index (χ2n) is 5.13. The van der Waals surface area contributed by atoms with E-state index in [1.807, 2.05) is 0 Å². The van der Waals surface area contributed by atoms with Crippen LogP contribution in [0.25, 0.3) is 0 Å². The molecule has 10 heteroatoms. The third-order valence-corrected chi connectivity index (χ3v) is 4.97. The molecule has 0 bridgehead atoms. The molecule has 3 fully saturated rings. The molecule has 3 saturated heterocycles. The summed E-state index contributed by atoms with van der Waals surface area (Å²) >= 11 is 0. The minimum atomic E-state index is -4.52. The molecule has 2 N–H and O–H groups in total. The Morgan fingerprint density at radius 3 is 2.50 bits per heavy atom. The number of likely N-dealkylation sites (tertiary alicyclic amines) is 1. The topological polar surface area (TPSA) is 110 Å². The molecule has 0 unspecified atom stereocenters. The quantitative estimate of drug-likeness (QED) is 0.432.